The smallest absolute Gasteiger partial charge is 0.226 e. The summed E-state index contributed by atoms with van der Waals surface area (Å²) >= 11 is 3.48. The van der Waals surface area contributed by atoms with Crippen LogP contribution in [0.25, 0.3) is 0 Å². The molecule has 4 aliphatic carbocycles. The molecule has 0 aromatic carbocycles. The van der Waals surface area contributed by atoms with E-state index in [-0.39, 0.29) is 0 Å². The van der Waals surface area contributed by atoms with Gasteiger partial charge >= 0.3 is 0 Å². The molecule has 4 heteroatoms. The van der Waals surface area contributed by atoms with Gasteiger partial charge in [0.25, 0.3) is 0 Å². The Labute approximate surface area is 130 Å². The first-order valence-electron chi connectivity index (χ1n) is 8.06. The van der Waals surface area contributed by atoms with Crippen LogP contribution in [-0.4, -0.2) is 42.9 Å². The zero-order valence-electron chi connectivity index (χ0n) is 12.4. The third kappa shape index (κ3) is 2.78. The first-order chi connectivity index (χ1) is 9.72. The highest BCUT2D eigenvalue weighted by atomic mass is 79.9. The van der Waals surface area contributed by atoms with Crippen LogP contribution in [0.15, 0.2) is 0 Å². The van der Waals surface area contributed by atoms with E-state index < -0.39 is 0 Å². The van der Waals surface area contributed by atoms with Gasteiger partial charge in [0.15, 0.2) is 0 Å². The van der Waals surface area contributed by atoms with Crippen molar-refractivity contribution < 1.29 is 9.53 Å². The molecule has 3 nitrogen and oxygen atoms in total. The van der Waals surface area contributed by atoms with Gasteiger partial charge in [-0.2, -0.15) is 0 Å². The third-order valence-corrected chi connectivity index (χ3v) is 6.10. The Balaban J connectivity index is 1.68. The highest BCUT2D eigenvalue weighted by Gasteiger charge is 2.51. The number of halogens is 1. The fraction of sp³-hybridized carbons (Fsp3) is 0.938. The van der Waals surface area contributed by atoms with Crippen LogP contribution in [0, 0.1) is 29.6 Å². The molecule has 0 aromatic rings. The second-order valence-corrected chi connectivity index (χ2v) is 7.76. The van der Waals surface area contributed by atoms with E-state index in [4.69, 9.17) is 4.74 Å². The first kappa shape index (κ1) is 14.8. The van der Waals surface area contributed by atoms with Crippen LogP contribution >= 0.6 is 15.9 Å². The summed E-state index contributed by atoms with van der Waals surface area (Å²) in [5.41, 5.74) is 0. The standard InChI is InChI=1S/C16H26BrNO2/c1-20-5-4-18(3-2-17)16(19)15-13-7-11-6-12(9-13)10-14(15)8-11/h11-15H,2-10H2,1H3. The number of ether oxygens (including phenoxy) is 1. The summed E-state index contributed by atoms with van der Waals surface area (Å²) < 4.78 is 5.17. The van der Waals surface area contributed by atoms with Crippen molar-refractivity contribution in [2.45, 2.75) is 32.1 Å². The Kier molecular flexibility index (Phi) is 4.71. The lowest BCUT2D eigenvalue weighted by molar-refractivity contribution is -0.149. The third-order valence-electron chi connectivity index (χ3n) is 5.74. The molecule has 0 heterocycles. The van der Waals surface area contributed by atoms with E-state index >= 15 is 0 Å². The van der Waals surface area contributed by atoms with E-state index in [0.29, 0.717) is 30.3 Å². The molecule has 4 aliphatic rings. The molecular weight excluding hydrogens is 318 g/mol. The minimum atomic E-state index is 0.318. The van der Waals surface area contributed by atoms with Gasteiger partial charge in [-0.1, -0.05) is 15.9 Å². The topological polar surface area (TPSA) is 29.5 Å². The second-order valence-electron chi connectivity index (χ2n) is 6.96. The molecule has 4 fully saturated rings. The minimum Gasteiger partial charge on any atom is -0.383 e. The molecule has 4 rings (SSSR count). The molecule has 0 spiro atoms. The van der Waals surface area contributed by atoms with Gasteiger partial charge in [0.2, 0.25) is 5.91 Å². The van der Waals surface area contributed by atoms with Gasteiger partial charge in [0, 0.05) is 31.4 Å². The highest BCUT2D eigenvalue weighted by molar-refractivity contribution is 9.09. The van der Waals surface area contributed by atoms with Gasteiger partial charge in [-0.25, -0.2) is 0 Å². The summed E-state index contributed by atoms with van der Waals surface area (Å²) in [7, 11) is 1.71. The number of amides is 1. The van der Waals surface area contributed by atoms with Crippen LogP contribution in [0.2, 0.25) is 0 Å². The molecule has 0 saturated heterocycles. The Morgan fingerprint density at radius 2 is 1.70 bits per heavy atom. The number of alkyl halides is 1. The normalized spacial score (nSPS) is 38.2. The van der Waals surface area contributed by atoms with Crippen molar-refractivity contribution in [2.24, 2.45) is 29.6 Å². The summed E-state index contributed by atoms with van der Waals surface area (Å²) in [6.45, 7) is 2.20. The van der Waals surface area contributed by atoms with Crippen LogP contribution < -0.4 is 0 Å². The largest absolute Gasteiger partial charge is 0.383 e. The maximum atomic E-state index is 13.0. The van der Waals surface area contributed by atoms with Crippen molar-refractivity contribution in [3.8, 4) is 0 Å². The molecule has 1 amide bonds. The molecule has 114 valence electrons. The number of carbonyl (C=O) groups excluding carboxylic acids is 1. The molecule has 0 radical (unpaired) electrons. The molecule has 0 atom stereocenters. The zero-order chi connectivity index (χ0) is 14.1. The van der Waals surface area contributed by atoms with Crippen molar-refractivity contribution in [1.82, 2.24) is 4.90 Å². The van der Waals surface area contributed by atoms with E-state index in [2.05, 4.69) is 15.9 Å². The molecule has 0 N–H and O–H groups in total. The van der Waals surface area contributed by atoms with Crippen molar-refractivity contribution >= 4 is 21.8 Å². The van der Waals surface area contributed by atoms with E-state index in [9.17, 15) is 4.79 Å². The average molecular weight is 344 g/mol. The van der Waals surface area contributed by atoms with E-state index in [0.717, 1.165) is 30.3 Å². The number of hydrogen-bond acceptors (Lipinski definition) is 2. The van der Waals surface area contributed by atoms with Crippen LogP contribution in [0.4, 0.5) is 0 Å². The lowest BCUT2D eigenvalue weighted by Crippen LogP contribution is -2.52. The van der Waals surface area contributed by atoms with Crippen LogP contribution in [0.3, 0.4) is 0 Å². The van der Waals surface area contributed by atoms with Gasteiger partial charge in [0.05, 0.1) is 6.61 Å². The Bertz CT molecular complexity index is 332. The monoisotopic (exact) mass is 343 g/mol. The quantitative estimate of drug-likeness (QED) is 0.694. The number of carbonyl (C=O) groups is 1. The SMILES string of the molecule is COCCN(CCBr)C(=O)C1C2CC3CC(C2)CC1C3. The molecule has 4 bridgehead atoms. The van der Waals surface area contributed by atoms with Crippen molar-refractivity contribution in [2.75, 3.05) is 32.1 Å². The molecule has 4 saturated carbocycles. The predicted octanol–water partition coefficient (Wildman–Crippen LogP) is 2.93. The minimum absolute atomic E-state index is 0.318. The summed E-state index contributed by atoms with van der Waals surface area (Å²) in [5.74, 6) is 3.96. The fourth-order valence-corrected chi connectivity index (χ4v) is 5.60. The molecule has 0 aliphatic heterocycles. The van der Waals surface area contributed by atoms with Gasteiger partial charge < -0.3 is 9.64 Å². The molecule has 20 heavy (non-hydrogen) atoms. The van der Waals surface area contributed by atoms with E-state index in [1.54, 1.807) is 7.11 Å². The zero-order valence-corrected chi connectivity index (χ0v) is 14.0. The van der Waals surface area contributed by atoms with Crippen LogP contribution in [0.5, 0.6) is 0 Å². The summed E-state index contributed by atoms with van der Waals surface area (Å²) in [6, 6.07) is 0. The predicted molar refractivity (Wildman–Crippen MR) is 82.8 cm³/mol. The number of rotatable bonds is 6. The number of methoxy groups -OCH3 is 1. The average Bonchev–Trinajstić information content (AvgIpc) is 2.42. The summed E-state index contributed by atoms with van der Waals surface area (Å²) in [5, 5.41) is 0.857. The summed E-state index contributed by atoms with van der Waals surface area (Å²) in [6.07, 6.45) is 6.71. The Hall–Kier alpha value is -0.0900. The Morgan fingerprint density at radius 1 is 1.10 bits per heavy atom. The highest BCUT2D eigenvalue weighted by Crippen LogP contribution is 2.56. The maximum Gasteiger partial charge on any atom is 0.226 e. The van der Waals surface area contributed by atoms with Crippen molar-refractivity contribution in [3.63, 3.8) is 0 Å². The maximum absolute atomic E-state index is 13.0. The van der Waals surface area contributed by atoms with Crippen LogP contribution in [0.1, 0.15) is 32.1 Å². The van der Waals surface area contributed by atoms with E-state index in [1.165, 1.54) is 32.1 Å². The number of nitrogens with zero attached hydrogens (tertiary/aromatic N) is 1. The van der Waals surface area contributed by atoms with E-state index in [1.807, 2.05) is 4.90 Å². The lowest BCUT2D eigenvalue weighted by Gasteiger charge is -2.54. The van der Waals surface area contributed by atoms with Gasteiger partial charge in [-0.3, -0.25) is 4.79 Å². The fourth-order valence-electron chi connectivity index (χ4n) is 5.17. The van der Waals surface area contributed by atoms with Crippen molar-refractivity contribution in [3.05, 3.63) is 0 Å². The second kappa shape index (κ2) is 6.35. The Morgan fingerprint density at radius 3 is 2.20 bits per heavy atom. The molecule has 0 aromatic heterocycles. The molecular formula is C16H26BrNO2. The number of hydrogen-bond donors (Lipinski definition) is 0. The van der Waals surface area contributed by atoms with Crippen molar-refractivity contribution in [1.29, 1.82) is 0 Å². The molecule has 0 unspecified atom stereocenters. The van der Waals surface area contributed by atoms with Gasteiger partial charge in [0.1, 0.15) is 0 Å². The van der Waals surface area contributed by atoms with Gasteiger partial charge in [-0.05, 0) is 55.8 Å². The van der Waals surface area contributed by atoms with Gasteiger partial charge in [-0.15, -0.1) is 0 Å². The lowest BCUT2D eigenvalue weighted by atomic mass is 9.51. The first-order valence-corrected chi connectivity index (χ1v) is 9.18. The van der Waals surface area contributed by atoms with Crippen LogP contribution in [-0.2, 0) is 9.53 Å². The summed E-state index contributed by atoms with van der Waals surface area (Å²) in [4.78, 5) is 15.0.